The number of hydrogen-bond donors (Lipinski definition) is 2. The van der Waals surface area contributed by atoms with Crippen molar-refractivity contribution in [3.8, 4) is 5.75 Å². The molecule has 0 atom stereocenters. The van der Waals surface area contributed by atoms with Crippen LogP contribution in [0.4, 0.5) is 0 Å². The van der Waals surface area contributed by atoms with Crippen molar-refractivity contribution in [3.63, 3.8) is 0 Å². The number of carboxylic acid groups (broad SMARTS) is 1. The molecule has 7 nitrogen and oxygen atoms in total. The number of aromatic carboxylic acids is 1. The van der Waals surface area contributed by atoms with Gasteiger partial charge in [-0.25, -0.2) is 9.78 Å². The van der Waals surface area contributed by atoms with E-state index in [1.165, 1.54) is 11.6 Å². The lowest BCUT2D eigenvalue weighted by atomic mass is 9.89. The van der Waals surface area contributed by atoms with Gasteiger partial charge in [0, 0.05) is 30.2 Å². The predicted octanol–water partition coefficient (Wildman–Crippen LogP) is 3.29. The van der Waals surface area contributed by atoms with Crippen LogP contribution in [0.25, 0.3) is 10.9 Å². The molecule has 0 spiro atoms. The molecule has 3 heterocycles. The zero-order chi connectivity index (χ0) is 19.7. The maximum atomic E-state index is 12.7. The first-order valence-corrected chi connectivity index (χ1v) is 9.21. The van der Waals surface area contributed by atoms with Crippen molar-refractivity contribution < 1.29 is 19.4 Å². The summed E-state index contributed by atoms with van der Waals surface area (Å²) in [7, 11) is 1.66. The number of amides is 1. The van der Waals surface area contributed by atoms with Gasteiger partial charge < -0.3 is 19.7 Å². The summed E-state index contributed by atoms with van der Waals surface area (Å²) in [5.41, 5.74) is 2.37. The number of likely N-dealkylation sites (tertiary alicyclic amines) is 1. The first kappa shape index (κ1) is 18.0. The predicted molar refractivity (Wildman–Crippen MR) is 104 cm³/mol. The Bertz CT molecular complexity index is 1040. The van der Waals surface area contributed by atoms with Gasteiger partial charge in [-0.3, -0.25) is 4.79 Å². The second-order valence-corrected chi connectivity index (χ2v) is 6.94. The maximum absolute atomic E-state index is 12.7. The molecule has 0 aliphatic carbocycles. The Morgan fingerprint density at radius 1 is 1.18 bits per heavy atom. The van der Waals surface area contributed by atoms with E-state index in [1.807, 2.05) is 24.4 Å². The summed E-state index contributed by atoms with van der Waals surface area (Å²) in [4.78, 5) is 32.8. The van der Waals surface area contributed by atoms with Crippen LogP contribution in [-0.4, -0.2) is 52.1 Å². The summed E-state index contributed by atoms with van der Waals surface area (Å²) in [6.45, 7) is 1.22. The molecule has 0 saturated carbocycles. The Balaban J connectivity index is 1.48. The third-order valence-electron chi connectivity index (χ3n) is 5.33. The van der Waals surface area contributed by atoms with Crippen LogP contribution in [0.5, 0.6) is 5.75 Å². The normalized spacial score (nSPS) is 15.0. The van der Waals surface area contributed by atoms with Gasteiger partial charge in [0.15, 0.2) is 0 Å². The Morgan fingerprint density at radius 2 is 1.93 bits per heavy atom. The standard InChI is InChI=1S/C21H21N3O4/c1-28-14-5-6-17-15(11-14)16(12-22-17)13-7-9-24(10-8-13)20(25)18-3-2-4-19(23-18)21(26)27/h2-6,11-13,22H,7-10H2,1H3,(H,26,27). The average Bonchev–Trinajstić information content (AvgIpc) is 3.16. The molecule has 0 unspecified atom stereocenters. The van der Waals surface area contributed by atoms with Crippen LogP contribution in [0.15, 0.2) is 42.6 Å². The van der Waals surface area contributed by atoms with Gasteiger partial charge in [-0.05, 0) is 54.7 Å². The highest BCUT2D eigenvalue weighted by molar-refractivity contribution is 5.94. The molecule has 1 fully saturated rings. The molecule has 144 valence electrons. The smallest absolute Gasteiger partial charge is 0.354 e. The summed E-state index contributed by atoms with van der Waals surface area (Å²) in [6.07, 6.45) is 3.73. The third kappa shape index (κ3) is 3.31. The van der Waals surface area contributed by atoms with Gasteiger partial charge in [0.25, 0.3) is 5.91 Å². The van der Waals surface area contributed by atoms with E-state index in [4.69, 9.17) is 9.84 Å². The topological polar surface area (TPSA) is 95.5 Å². The zero-order valence-corrected chi connectivity index (χ0v) is 15.5. The van der Waals surface area contributed by atoms with Crippen LogP contribution in [0.3, 0.4) is 0 Å². The number of carbonyl (C=O) groups is 2. The average molecular weight is 379 g/mol. The zero-order valence-electron chi connectivity index (χ0n) is 15.5. The van der Waals surface area contributed by atoms with E-state index in [0.29, 0.717) is 19.0 Å². The lowest BCUT2D eigenvalue weighted by Gasteiger charge is -2.31. The van der Waals surface area contributed by atoms with Crippen molar-refractivity contribution in [1.82, 2.24) is 14.9 Å². The summed E-state index contributed by atoms with van der Waals surface area (Å²) < 4.78 is 5.34. The second kappa shape index (κ2) is 7.34. The SMILES string of the molecule is COc1ccc2[nH]cc(C3CCN(C(=O)c4cccc(C(=O)O)n4)CC3)c2c1. The van der Waals surface area contributed by atoms with Crippen LogP contribution < -0.4 is 4.74 Å². The fourth-order valence-corrected chi connectivity index (χ4v) is 3.81. The van der Waals surface area contributed by atoms with Gasteiger partial charge >= 0.3 is 5.97 Å². The van der Waals surface area contributed by atoms with E-state index in [1.54, 1.807) is 24.1 Å². The highest BCUT2D eigenvalue weighted by atomic mass is 16.5. The Hall–Kier alpha value is -3.35. The largest absolute Gasteiger partial charge is 0.497 e. The van der Waals surface area contributed by atoms with Crippen molar-refractivity contribution in [2.24, 2.45) is 0 Å². The molecule has 4 rings (SSSR count). The monoisotopic (exact) mass is 379 g/mol. The molecule has 2 N–H and O–H groups in total. The van der Waals surface area contributed by atoms with Gasteiger partial charge in [0.05, 0.1) is 7.11 Å². The van der Waals surface area contributed by atoms with E-state index in [2.05, 4.69) is 9.97 Å². The Kier molecular flexibility index (Phi) is 4.73. The molecule has 1 aliphatic rings. The lowest BCUT2D eigenvalue weighted by Crippen LogP contribution is -2.38. The van der Waals surface area contributed by atoms with E-state index in [0.717, 1.165) is 29.5 Å². The third-order valence-corrected chi connectivity index (χ3v) is 5.33. The molecule has 1 saturated heterocycles. The maximum Gasteiger partial charge on any atom is 0.354 e. The molecule has 1 aliphatic heterocycles. The number of fused-ring (bicyclic) bond motifs is 1. The number of hydrogen-bond acceptors (Lipinski definition) is 4. The van der Waals surface area contributed by atoms with Gasteiger partial charge in [0.2, 0.25) is 0 Å². The van der Waals surface area contributed by atoms with Crippen LogP contribution in [-0.2, 0) is 0 Å². The van der Waals surface area contributed by atoms with Gasteiger partial charge in [0.1, 0.15) is 17.1 Å². The van der Waals surface area contributed by atoms with Gasteiger partial charge in [-0.1, -0.05) is 6.07 Å². The van der Waals surface area contributed by atoms with Crippen LogP contribution in [0, 0.1) is 0 Å². The number of piperidine rings is 1. The number of carbonyl (C=O) groups excluding carboxylic acids is 1. The summed E-state index contributed by atoms with van der Waals surface area (Å²) in [5, 5.41) is 10.2. The molecule has 28 heavy (non-hydrogen) atoms. The number of pyridine rings is 1. The molecule has 1 amide bonds. The van der Waals surface area contributed by atoms with E-state index < -0.39 is 5.97 Å². The number of carboxylic acids is 1. The van der Waals surface area contributed by atoms with Gasteiger partial charge in [-0.2, -0.15) is 0 Å². The first-order chi connectivity index (χ1) is 13.6. The number of nitrogens with one attached hydrogen (secondary N) is 1. The highest BCUT2D eigenvalue weighted by Gasteiger charge is 2.27. The van der Waals surface area contributed by atoms with Crippen LogP contribution in [0.2, 0.25) is 0 Å². The summed E-state index contributed by atoms with van der Waals surface area (Å²) >= 11 is 0. The molecular weight excluding hydrogens is 358 g/mol. The molecule has 1 aromatic carbocycles. The molecule has 2 aromatic heterocycles. The minimum absolute atomic E-state index is 0.117. The van der Waals surface area contributed by atoms with Gasteiger partial charge in [-0.15, -0.1) is 0 Å². The van der Waals surface area contributed by atoms with Crippen LogP contribution in [0.1, 0.15) is 45.3 Å². The fourth-order valence-electron chi connectivity index (χ4n) is 3.81. The number of nitrogens with zero attached hydrogens (tertiary/aromatic N) is 2. The van der Waals surface area contributed by atoms with Crippen molar-refractivity contribution in [1.29, 1.82) is 0 Å². The van der Waals surface area contributed by atoms with Crippen molar-refractivity contribution in [3.05, 3.63) is 59.5 Å². The molecule has 0 bridgehead atoms. The minimum Gasteiger partial charge on any atom is -0.497 e. The highest BCUT2D eigenvalue weighted by Crippen LogP contribution is 2.34. The minimum atomic E-state index is -1.14. The number of methoxy groups -OCH3 is 1. The van der Waals surface area contributed by atoms with Crippen LogP contribution >= 0.6 is 0 Å². The van der Waals surface area contributed by atoms with Crippen molar-refractivity contribution in [2.75, 3.05) is 20.2 Å². The fraction of sp³-hybridized carbons (Fsp3) is 0.286. The first-order valence-electron chi connectivity index (χ1n) is 9.21. The summed E-state index contributed by atoms with van der Waals surface area (Å²) in [5.74, 6) is -0.182. The Morgan fingerprint density at radius 3 is 2.64 bits per heavy atom. The molecule has 3 aromatic rings. The molecular formula is C21H21N3O4. The summed E-state index contributed by atoms with van der Waals surface area (Å²) in [6, 6.07) is 10.5. The van der Waals surface area contributed by atoms with E-state index in [-0.39, 0.29) is 17.3 Å². The number of aromatic amines is 1. The number of benzene rings is 1. The molecule has 0 radical (unpaired) electrons. The van der Waals surface area contributed by atoms with Crippen molar-refractivity contribution >= 4 is 22.8 Å². The number of aromatic nitrogens is 2. The Labute approximate surface area is 162 Å². The van der Waals surface area contributed by atoms with Crippen molar-refractivity contribution in [2.45, 2.75) is 18.8 Å². The lowest BCUT2D eigenvalue weighted by molar-refractivity contribution is 0.0688. The number of rotatable bonds is 4. The van der Waals surface area contributed by atoms with E-state index in [9.17, 15) is 9.59 Å². The molecule has 7 heteroatoms. The quantitative estimate of drug-likeness (QED) is 0.725. The van der Waals surface area contributed by atoms with E-state index >= 15 is 0 Å². The second-order valence-electron chi connectivity index (χ2n) is 6.94. The number of H-pyrrole nitrogens is 1. The number of ether oxygens (including phenoxy) is 1.